The summed E-state index contributed by atoms with van der Waals surface area (Å²) in [6.45, 7) is 2.00. The molecule has 1 fully saturated rings. The summed E-state index contributed by atoms with van der Waals surface area (Å²) in [5.41, 5.74) is 3.05. The summed E-state index contributed by atoms with van der Waals surface area (Å²) in [4.78, 5) is 28.2. The van der Waals surface area contributed by atoms with Crippen LogP contribution < -0.4 is 19.7 Å². The minimum Gasteiger partial charge on any atom is -0.457 e. The number of aromatic nitrogens is 1. The molecule has 0 saturated carbocycles. The number of carbonyl (C=O) groups excluding carboxylic acids is 2. The van der Waals surface area contributed by atoms with Gasteiger partial charge in [-0.1, -0.05) is 54.1 Å². The zero-order chi connectivity index (χ0) is 28.5. The predicted octanol–water partition coefficient (Wildman–Crippen LogP) is 6.90. The van der Waals surface area contributed by atoms with Gasteiger partial charge in [-0.15, -0.1) is 0 Å². The van der Waals surface area contributed by atoms with E-state index in [0.717, 1.165) is 16.5 Å². The Labute approximate surface area is 242 Å². The van der Waals surface area contributed by atoms with Gasteiger partial charge in [-0.05, 0) is 79.8 Å². The highest BCUT2D eigenvalue weighted by Gasteiger charge is 2.35. The quantitative estimate of drug-likeness (QED) is 0.139. The van der Waals surface area contributed by atoms with E-state index in [2.05, 4.69) is 5.32 Å². The molecule has 1 aromatic heterocycles. The maximum Gasteiger partial charge on any atom is 0.270 e. The number of rotatable bonds is 6. The number of thiocarbonyl (C=S) groups is 1. The fourth-order valence-corrected chi connectivity index (χ4v) is 4.99. The van der Waals surface area contributed by atoms with E-state index < -0.39 is 11.8 Å². The van der Waals surface area contributed by atoms with Gasteiger partial charge in [0.15, 0.2) is 5.11 Å². The van der Waals surface area contributed by atoms with Crippen molar-refractivity contribution in [2.24, 2.45) is 7.05 Å². The van der Waals surface area contributed by atoms with Gasteiger partial charge in [0.05, 0.1) is 11.2 Å². The van der Waals surface area contributed by atoms with Gasteiger partial charge in [0, 0.05) is 18.0 Å². The first-order valence-electron chi connectivity index (χ1n) is 13.0. The molecule has 8 heteroatoms. The topological polar surface area (TPSA) is 72.8 Å². The lowest BCUT2D eigenvalue weighted by Crippen LogP contribution is -2.54. The van der Waals surface area contributed by atoms with Crippen molar-refractivity contribution in [1.29, 1.82) is 0 Å². The average Bonchev–Trinajstić information content (AvgIpc) is 3.24. The molecule has 1 aliphatic rings. The molecule has 4 aromatic carbocycles. The van der Waals surface area contributed by atoms with E-state index in [1.54, 1.807) is 30.3 Å². The smallest absolute Gasteiger partial charge is 0.270 e. The molecule has 7 nitrogen and oxygen atoms in total. The van der Waals surface area contributed by atoms with Gasteiger partial charge in [-0.2, -0.15) is 0 Å². The Morgan fingerprint density at radius 3 is 2.10 bits per heavy atom. The zero-order valence-corrected chi connectivity index (χ0v) is 23.1. The fraction of sp³-hybridized carbons (Fsp3) is 0.0606. The largest absolute Gasteiger partial charge is 0.457 e. The van der Waals surface area contributed by atoms with Crippen molar-refractivity contribution in [3.8, 4) is 23.1 Å². The number of fused-ring (bicyclic) bond motifs is 1. The van der Waals surface area contributed by atoms with Crippen molar-refractivity contribution < 1.29 is 19.1 Å². The van der Waals surface area contributed by atoms with Crippen molar-refractivity contribution in [3.63, 3.8) is 0 Å². The molecule has 5 aromatic rings. The summed E-state index contributed by atoms with van der Waals surface area (Å²) in [5, 5.41) is 3.51. The standard InChI is InChI=1S/C33H25N3O4S/c1-21-12-16-25(17-13-21)40-32-27(26-10-6-7-11-29(26)35(32)2)20-28-30(37)34-33(41)36(31(28)38)22-14-18-24(19-15-22)39-23-8-4-3-5-9-23/h3-20H,1-2H3,(H,34,37,41)/b28-20-. The number of anilines is 1. The molecule has 6 rings (SSSR count). The number of benzene rings is 4. The molecule has 2 heterocycles. The molecule has 0 spiro atoms. The molecule has 0 atom stereocenters. The third-order valence-corrected chi connectivity index (χ3v) is 7.07. The van der Waals surface area contributed by atoms with Crippen LogP contribution in [0.2, 0.25) is 0 Å². The van der Waals surface area contributed by atoms with Crippen LogP contribution in [0.5, 0.6) is 23.1 Å². The van der Waals surface area contributed by atoms with Crippen LogP contribution in [-0.2, 0) is 16.6 Å². The lowest BCUT2D eigenvalue weighted by Gasteiger charge is -2.29. The van der Waals surface area contributed by atoms with E-state index in [9.17, 15) is 9.59 Å². The number of aryl methyl sites for hydroxylation is 2. The highest BCUT2D eigenvalue weighted by atomic mass is 32.1. The van der Waals surface area contributed by atoms with Gasteiger partial charge in [0.1, 0.15) is 22.8 Å². The number of hydrogen-bond acceptors (Lipinski definition) is 5. The Bertz CT molecular complexity index is 1820. The number of para-hydroxylation sites is 2. The highest BCUT2D eigenvalue weighted by Crippen LogP contribution is 2.37. The Balaban J connectivity index is 1.37. The molecule has 1 aliphatic heterocycles. The predicted molar refractivity (Wildman–Crippen MR) is 163 cm³/mol. The number of nitrogens with zero attached hydrogens (tertiary/aromatic N) is 2. The molecule has 0 unspecified atom stereocenters. The van der Waals surface area contributed by atoms with Crippen LogP contribution in [0, 0.1) is 6.92 Å². The van der Waals surface area contributed by atoms with Crippen LogP contribution in [0.3, 0.4) is 0 Å². The third kappa shape index (κ3) is 5.08. The van der Waals surface area contributed by atoms with E-state index in [4.69, 9.17) is 21.7 Å². The van der Waals surface area contributed by atoms with Gasteiger partial charge in [0.25, 0.3) is 11.8 Å². The molecule has 1 saturated heterocycles. The first-order chi connectivity index (χ1) is 19.9. The fourth-order valence-electron chi connectivity index (χ4n) is 4.70. The number of hydrogen-bond donors (Lipinski definition) is 1. The van der Waals surface area contributed by atoms with E-state index in [1.165, 1.54) is 4.90 Å². The lowest BCUT2D eigenvalue weighted by atomic mass is 10.1. The zero-order valence-electron chi connectivity index (χ0n) is 22.3. The summed E-state index contributed by atoms with van der Waals surface area (Å²) in [7, 11) is 1.89. The highest BCUT2D eigenvalue weighted by molar-refractivity contribution is 7.80. The van der Waals surface area contributed by atoms with Crippen LogP contribution >= 0.6 is 12.2 Å². The monoisotopic (exact) mass is 559 g/mol. The first kappa shape index (κ1) is 26.0. The minimum atomic E-state index is -0.575. The van der Waals surface area contributed by atoms with E-state index in [-0.39, 0.29) is 10.7 Å². The summed E-state index contributed by atoms with van der Waals surface area (Å²) >= 11 is 5.41. The average molecular weight is 560 g/mol. The second-order valence-corrected chi connectivity index (χ2v) is 9.96. The molecule has 0 aliphatic carbocycles. The van der Waals surface area contributed by atoms with Crippen LogP contribution in [0.1, 0.15) is 11.1 Å². The van der Waals surface area contributed by atoms with E-state index in [0.29, 0.717) is 34.4 Å². The molecule has 0 bridgehead atoms. The number of nitrogens with one attached hydrogen (secondary N) is 1. The Morgan fingerprint density at radius 1 is 0.756 bits per heavy atom. The Kier molecular flexibility index (Phi) is 6.83. The maximum atomic E-state index is 13.8. The van der Waals surface area contributed by atoms with Crippen molar-refractivity contribution >= 4 is 51.8 Å². The minimum absolute atomic E-state index is 0.00271. The Morgan fingerprint density at radius 2 is 1.37 bits per heavy atom. The van der Waals surface area contributed by atoms with Crippen LogP contribution in [0.15, 0.2) is 109 Å². The van der Waals surface area contributed by atoms with Crippen molar-refractivity contribution in [2.45, 2.75) is 6.92 Å². The Hall–Kier alpha value is -5.21. The lowest BCUT2D eigenvalue weighted by molar-refractivity contribution is -0.122. The number of amides is 2. The van der Waals surface area contributed by atoms with Crippen molar-refractivity contribution in [1.82, 2.24) is 9.88 Å². The molecule has 1 N–H and O–H groups in total. The van der Waals surface area contributed by atoms with Gasteiger partial charge in [-0.25, -0.2) is 0 Å². The summed E-state index contributed by atoms with van der Waals surface area (Å²) in [6, 6.07) is 31.8. The molecule has 2 amide bonds. The first-order valence-corrected chi connectivity index (χ1v) is 13.4. The SMILES string of the molecule is Cc1ccc(Oc2c(/C=C3/C(=O)NC(=S)N(c4ccc(Oc5ccccc5)cc4)C3=O)c3ccccc3n2C)cc1. The summed E-state index contributed by atoms with van der Waals surface area (Å²) in [5.74, 6) is 1.33. The molecule has 0 radical (unpaired) electrons. The molecule has 41 heavy (non-hydrogen) atoms. The van der Waals surface area contributed by atoms with Gasteiger partial charge < -0.3 is 14.0 Å². The van der Waals surface area contributed by atoms with Gasteiger partial charge in [0.2, 0.25) is 5.88 Å². The van der Waals surface area contributed by atoms with Gasteiger partial charge in [-0.3, -0.25) is 19.8 Å². The van der Waals surface area contributed by atoms with E-state index >= 15 is 0 Å². The van der Waals surface area contributed by atoms with Crippen LogP contribution in [-0.4, -0.2) is 21.5 Å². The van der Waals surface area contributed by atoms with Crippen molar-refractivity contribution in [3.05, 3.63) is 120 Å². The summed E-state index contributed by atoms with van der Waals surface area (Å²) in [6.07, 6.45) is 1.57. The second kappa shape index (κ2) is 10.7. The molecule has 202 valence electrons. The normalized spacial score (nSPS) is 14.4. The van der Waals surface area contributed by atoms with E-state index in [1.807, 2.05) is 97.4 Å². The third-order valence-electron chi connectivity index (χ3n) is 6.79. The molecular formula is C33H25N3O4S. The maximum absolute atomic E-state index is 13.8. The summed E-state index contributed by atoms with van der Waals surface area (Å²) < 4.78 is 14.1. The molecular weight excluding hydrogens is 534 g/mol. The second-order valence-electron chi connectivity index (χ2n) is 9.58. The number of ether oxygens (including phenoxy) is 2. The number of carbonyl (C=O) groups is 2. The van der Waals surface area contributed by atoms with Crippen LogP contribution in [0.4, 0.5) is 5.69 Å². The van der Waals surface area contributed by atoms with Gasteiger partial charge >= 0.3 is 0 Å². The van der Waals surface area contributed by atoms with Crippen LogP contribution in [0.25, 0.3) is 17.0 Å². The van der Waals surface area contributed by atoms with Crippen molar-refractivity contribution in [2.75, 3.05) is 4.90 Å².